The summed E-state index contributed by atoms with van der Waals surface area (Å²) in [7, 11) is 0. The van der Waals surface area contributed by atoms with Gasteiger partial charge in [-0.15, -0.1) is 0 Å². The molecule has 0 saturated carbocycles. The van der Waals surface area contributed by atoms with Crippen molar-refractivity contribution in [1.82, 2.24) is 5.43 Å². The lowest BCUT2D eigenvalue weighted by molar-refractivity contribution is -0.136. The van der Waals surface area contributed by atoms with E-state index in [2.05, 4.69) is 26.5 Å². The summed E-state index contributed by atoms with van der Waals surface area (Å²) >= 11 is 3.19. The van der Waals surface area contributed by atoms with Crippen LogP contribution in [-0.2, 0) is 4.79 Å². The van der Waals surface area contributed by atoms with Crippen LogP contribution in [0.5, 0.6) is 0 Å². The molecule has 2 N–H and O–H groups in total. The number of rotatable bonds is 3. The van der Waals surface area contributed by atoms with Gasteiger partial charge in [-0.25, -0.2) is 9.82 Å². The average molecular weight is 303 g/mol. The van der Waals surface area contributed by atoms with Crippen LogP contribution in [0.3, 0.4) is 0 Å². The number of aliphatic hydroxyl groups is 1. The number of carbonyl (C=O) groups excluding carboxylic acids is 1. The number of nitrogens with one attached hydrogen (secondary N) is 1. The third kappa shape index (κ3) is 4.24. The molecule has 0 unspecified atom stereocenters. The first-order chi connectivity index (χ1) is 7.80. The summed E-state index contributed by atoms with van der Waals surface area (Å²) in [6.07, 6.45) is 1.17. The van der Waals surface area contributed by atoms with E-state index in [0.29, 0.717) is 4.47 Å². The number of amides is 1. The molecule has 0 aliphatic carbocycles. The Kier molecular flexibility index (Phi) is 4.36. The maximum absolute atomic E-state index is 13.3. The Bertz CT molecular complexity index is 455. The molecule has 6 heteroatoms. The molecule has 1 amide bonds. The standard InChI is InChI=1S/C11H12BrFN2O2/c1-11(2,17)10(16)15-14-6-7-5-8(12)3-4-9(7)13/h3-6,17H,1-2H3,(H,15,16). The van der Waals surface area contributed by atoms with Crippen LogP contribution in [-0.4, -0.2) is 22.8 Å². The lowest BCUT2D eigenvalue weighted by Gasteiger charge is -2.13. The van der Waals surface area contributed by atoms with E-state index in [1.807, 2.05) is 0 Å². The van der Waals surface area contributed by atoms with E-state index in [9.17, 15) is 14.3 Å². The third-order valence-electron chi connectivity index (χ3n) is 1.88. The average Bonchev–Trinajstić information content (AvgIpc) is 2.21. The monoisotopic (exact) mass is 302 g/mol. The zero-order valence-electron chi connectivity index (χ0n) is 9.37. The van der Waals surface area contributed by atoms with Crippen LogP contribution < -0.4 is 5.43 Å². The molecule has 0 aliphatic heterocycles. The SMILES string of the molecule is CC(C)(O)C(=O)NN=Cc1cc(Br)ccc1F. The van der Waals surface area contributed by atoms with Gasteiger partial charge in [0.15, 0.2) is 0 Å². The van der Waals surface area contributed by atoms with Crippen molar-refractivity contribution in [3.8, 4) is 0 Å². The number of halogens is 2. The summed E-state index contributed by atoms with van der Waals surface area (Å²) in [6.45, 7) is 2.66. The van der Waals surface area contributed by atoms with Crippen LogP contribution in [0.15, 0.2) is 27.8 Å². The molecule has 17 heavy (non-hydrogen) atoms. The summed E-state index contributed by atoms with van der Waals surface area (Å²) in [4.78, 5) is 11.2. The highest BCUT2D eigenvalue weighted by molar-refractivity contribution is 9.10. The molecule has 0 atom stereocenters. The van der Waals surface area contributed by atoms with Crippen molar-refractivity contribution in [2.75, 3.05) is 0 Å². The second-order valence-electron chi connectivity index (χ2n) is 3.92. The number of hydrazone groups is 1. The van der Waals surface area contributed by atoms with Crippen molar-refractivity contribution in [2.24, 2.45) is 5.10 Å². The van der Waals surface area contributed by atoms with E-state index in [4.69, 9.17) is 0 Å². The first-order valence-corrected chi connectivity index (χ1v) is 5.61. The molecule has 4 nitrogen and oxygen atoms in total. The zero-order valence-corrected chi connectivity index (χ0v) is 11.0. The Hall–Kier alpha value is -1.27. The van der Waals surface area contributed by atoms with Gasteiger partial charge in [-0.1, -0.05) is 15.9 Å². The summed E-state index contributed by atoms with van der Waals surface area (Å²) in [5.74, 6) is -1.11. The van der Waals surface area contributed by atoms with Crippen molar-refractivity contribution >= 4 is 28.1 Å². The van der Waals surface area contributed by atoms with Gasteiger partial charge >= 0.3 is 0 Å². The lowest BCUT2D eigenvalue weighted by Crippen LogP contribution is -2.39. The Morgan fingerprint density at radius 2 is 2.24 bits per heavy atom. The highest BCUT2D eigenvalue weighted by Crippen LogP contribution is 2.13. The van der Waals surface area contributed by atoms with Crippen LogP contribution >= 0.6 is 15.9 Å². The van der Waals surface area contributed by atoms with E-state index < -0.39 is 17.3 Å². The van der Waals surface area contributed by atoms with Crippen molar-refractivity contribution < 1.29 is 14.3 Å². The quantitative estimate of drug-likeness (QED) is 0.661. The molecule has 0 spiro atoms. The van der Waals surface area contributed by atoms with E-state index in [1.165, 1.54) is 32.2 Å². The molecular formula is C11H12BrFN2O2. The van der Waals surface area contributed by atoms with Gasteiger partial charge in [-0.2, -0.15) is 5.10 Å². The number of hydrogen-bond donors (Lipinski definition) is 2. The van der Waals surface area contributed by atoms with Crippen molar-refractivity contribution in [3.63, 3.8) is 0 Å². The van der Waals surface area contributed by atoms with Crippen LogP contribution in [0.25, 0.3) is 0 Å². The molecule has 1 aromatic rings. The van der Waals surface area contributed by atoms with Gasteiger partial charge in [0, 0.05) is 10.0 Å². The number of benzene rings is 1. The summed E-state index contributed by atoms with van der Waals surface area (Å²) in [5, 5.41) is 12.9. The predicted molar refractivity (Wildman–Crippen MR) is 66.1 cm³/mol. The zero-order chi connectivity index (χ0) is 13.1. The molecule has 92 valence electrons. The van der Waals surface area contributed by atoms with Crippen LogP contribution in [0, 0.1) is 5.82 Å². The maximum atomic E-state index is 13.3. The van der Waals surface area contributed by atoms with E-state index >= 15 is 0 Å². The second-order valence-corrected chi connectivity index (χ2v) is 4.84. The Labute approximate surface area is 107 Å². The molecule has 1 rings (SSSR count). The smallest absolute Gasteiger partial charge is 0.271 e. The van der Waals surface area contributed by atoms with Gasteiger partial charge in [0.2, 0.25) is 0 Å². The fourth-order valence-corrected chi connectivity index (χ4v) is 1.29. The highest BCUT2D eigenvalue weighted by Gasteiger charge is 2.22. The van der Waals surface area contributed by atoms with Crippen LogP contribution in [0.2, 0.25) is 0 Å². The van der Waals surface area contributed by atoms with Gasteiger partial charge in [-0.3, -0.25) is 4.79 Å². The summed E-state index contributed by atoms with van der Waals surface area (Å²) in [6, 6.07) is 4.36. The third-order valence-corrected chi connectivity index (χ3v) is 2.38. The molecule has 0 aromatic heterocycles. The molecule has 0 saturated heterocycles. The minimum absolute atomic E-state index is 0.232. The number of hydrogen-bond acceptors (Lipinski definition) is 3. The second kappa shape index (κ2) is 5.37. The maximum Gasteiger partial charge on any atom is 0.271 e. The van der Waals surface area contributed by atoms with Gasteiger partial charge in [0.05, 0.1) is 6.21 Å². The minimum atomic E-state index is -1.52. The largest absolute Gasteiger partial charge is 0.381 e. The normalized spacial score (nSPS) is 11.8. The predicted octanol–water partition coefficient (Wildman–Crippen LogP) is 1.81. The van der Waals surface area contributed by atoms with E-state index in [1.54, 1.807) is 6.07 Å². The van der Waals surface area contributed by atoms with E-state index in [0.717, 1.165) is 0 Å². The Balaban J connectivity index is 2.72. The molecule has 0 radical (unpaired) electrons. The Morgan fingerprint density at radius 1 is 1.59 bits per heavy atom. The fourth-order valence-electron chi connectivity index (χ4n) is 0.911. The molecule has 0 fully saturated rings. The fraction of sp³-hybridized carbons (Fsp3) is 0.273. The van der Waals surface area contributed by atoms with Gasteiger partial charge in [0.25, 0.3) is 5.91 Å². The van der Waals surface area contributed by atoms with Gasteiger partial charge < -0.3 is 5.11 Å². The molecule has 0 bridgehead atoms. The van der Waals surface area contributed by atoms with Crippen molar-refractivity contribution in [3.05, 3.63) is 34.1 Å². The number of nitrogens with zero attached hydrogens (tertiary/aromatic N) is 1. The van der Waals surface area contributed by atoms with Gasteiger partial charge in [0.1, 0.15) is 11.4 Å². The molecule has 0 heterocycles. The molecule has 1 aromatic carbocycles. The van der Waals surface area contributed by atoms with Crippen molar-refractivity contribution in [2.45, 2.75) is 19.4 Å². The van der Waals surface area contributed by atoms with Crippen LogP contribution in [0.4, 0.5) is 4.39 Å². The summed E-state index contributed by atoms with van der Waals surface area (Å²) in [5.41, 5.74) is 0.827. The molecule has 0 aliphatic rings. The first-order valence-electron chi connectivity index (χ1n) is 4.81. The lowest BCUT2D eigenvalue weighted by atomic mass is 10.1. The minimum Gasteiger partial charge on any atom is -0.381 e. The van der Waals surface area contributed by atoms with Crippen molar-refractivity contribution in [1.29, 1.82) is 0 Å². The van der Waals surface area contributed by atoms with Crippen LogP contribution in [0.1, 0.15) is 19.4 Å². The number of carbonyl (C=O) groups is 1. The Morgan fingerprint density at radius 3 is 2.82 bits per heavy atom. The topological polar surface area (TPSA) is 61.7 Å². The first kappa shape index (κ1) is 13.8. The molecular weight excluding hydrogens is 291 g/mol. The summed E-state index contributed by atoms with van der Waals surface area (Å²) < 4.78 is 14.0. The van der Waals surface area contributed by atoms with Gasteiger partial charge in [-0.05, 0) is 32.0 Å². The highest BCUT2D eigenvalue weighted by atomic mass is 79.9. The van der Waals surface area contributed by atoms with E-state index in [-0.39, 0.29) is 5.56 Å².